The molecule has 0 aliphatic heterocycles. The highest BCUT2D eigenvalue weighted by molar-refractivity contribution is 5.62. The van der Waals surface area contributed by atoms with Crippen molar-refractivity contribution in [2.45, 2.75) is 32.0 Å². The second kappa shape index (κ2) is 10.9. The monoisotopic (exact) mass is 470 g/mol. The third-order valence-electron chi connectivity index (χ3n) is 5.89. The summed E-state index contributed by atoms with van der Waals surface area (Å²) in [6.07, 6.45) is 0. The Labute approximate surface area is 198 Å². The molecule has 8 nitrogen and oxygen atoms in total. The highest BCUT2D eigenvalue weighted by atomic mass is 16.5. The van der Waals surface area contributed by atoms with Gasteiger partial charge in [0.25, 0.3) is 0 Å². The zero-order valence-electron chi connectivity index (χ0n) is 19.4. The van der Waals surface area contributed by atoms with Crippen LogP contribution >= 0.6 is 0 Å². The maximum Gasteiger partial charge on any atom is 0.148 e. The van der Waals surface area contributed by atoms with E-state index < -0.39 is 18.8 Å². The summed E-state index contributed by atoms with van der Waals surface area (Å²) < 4.78 is 16.5. The fourth-order valence-corrected chi connectivity index (χ4v) is 4.27. The van der Waals surface area contributed by atoms with E-state index in [-0.39, 0.29) is 24.5 Å². The van der Waals surface area contributed by atoms with Gasteiger partial charge in [0.05, 0.1) is 47.8 Å². The van der Waals surface area contributed by atoms with Crippen molar-refractivity contribution in [2.75, 3.05) is 21.3 Å². The van der Waals surface area contributed by atoms with Crippen molar-refractivity contribution >= 4 is 0 Å². The summed E-state index contributed by atoms with van der Waals surface area (Å²) in [6, 6.07) is 12.9. The lowest BCUT2D eigenvalue weighted by molar-refractivity contribution is 0.112. The van der Waals surface area contributed by atoms with E-state index in [9.17, 15) is 25.5 Å². The fraction of sp³-hybridized carbons (Fsp3) is 0.308. The standard InChI is InChI=1S/C26H30O8/c1-32-20-5-7-22(23(11-20)33-2)26(31,21-6-4-16(12-27)8-18(21)14-29)25-19(15-30)9-17(13-28)10-24(25)34-3/h4-11,27-31H,12-15H2,1-3H3. The number of aliphatic hydroxyl groups is 5. The van der Waals surface area contributed by atoms with E-state index in [4.69, 9.17) is 14.2 Å². The average Bonchev–Trinajstić information content (AvgIpc) is 2.90. The molecule has 5 N–H and O–H groups in total. The van der Waals surface area contributed by atoms with Crippen LogP contribution < -0.4 is 14.2 Å². The summed E-state index contributed by atoms with van der Waals surface area (Å²) in [5.41, 5.74) is 0.606. The van der Waals surface area contributed by atoms with Crippen molar-refractivity contribution in [3.8, 4) is 17.2 Å². The molecular weight excluding hydrogens is 440 g/mol. The van der Waals surface area contributed by atoms with E-state index in [0.717, 1.165) is 0 Å². The molecule has 0 spiro atoms. The first-order valence-corrected chi connectivity index (χ1v) is 10.6. The minimum absolute atomic E-state index is 0.226. The van der Waals surface area contributed by atoms with Crippen molar-refractivity contribution in [3.63, 3.8) is 0 Å². The number of methoxy groups -OCH3 is 3. The first-order chi connectivity index (χ1) is 16.4. The van der Waals surface area contributed by atoms with Crippen LogP contribution in [0.25, 0.3) is 0 Å². The summed E-state index contributed by atoms with van der Waals surface area (Å²) in [7, 11) is 4.40. The Hall–Kier alpha value is -3.14. The van der Waals surface area contributed by atoms with Gasteiger partial charge in [-0.3, -0.25) is 0 Å². The van der Waals surface area contributed by atoms with Crippen LogP contribution in [0.15, 0.2) is 48.5 Å². The van der Waals surface area contributed by atoms with Gasteiger partial charge in [-0.25, -0.2) is 0 Å². The molecule has 3 aromatic carbocycles. The number of ether oxygens (including phenoxy) is 3. The van der Waals surface area contributed by atoms with Gasteiger partial charge in [0, 0.05) is 17.2 Å². The molecule has 1 atom stereocenters. The van der Waals surface area contributed by atoms with Gasteiger partial charge in [0.2, 0.25) is 0 Å². The summed E-state index contributed by atoms with van der Waals surface area (Å²) in [4.78, 5) is 0. The van der Waals surface area contributed by atoms with Crippen LogP contribution in [0.5, 0.6) is 17.2 Å². The fourth-order valence-electron chi connectivity index (χ4n) is 4.27. The van der Waals surface area contributed by atoms with Crippen molar-refractivity contribution < 1.29 is 39.7 Å². The number of benzene rings is 3. The molecular formula is C26H30O8. The highest BCUT2D eigenvalue weighted by Gasteiger charge is 2.42. The minimum Gasteiger partial charge on any atom is -0.497 e. The molecule has 0 radical (unpaired) electrons. The molecule has 0 saturated carbocycles. The zero-order chi connectivity index (χ0) is 24.9. The van der Waals surface area contributed by atoms with Crippen LogP contribution in [0.4, 0.5) is 0 Å². The highest BCUT2D eigenvalue weighted by Crippen LogP contribution is 2.48. The molecule has 0 aliphatic carbocycles. The Balaban J connectivity index is 2.50. The van der Waals surface area contributed by atoms with Gasteiger partial charge in [0.1, 0.15) is 22.8 Å². The van der Waals surface area contributed by atoms with Gasteiger partial charge in [-0.15, -0.1) is 0 Å². The molecule has 0 saturated heterocycles. The van der Waals surface area contributed by atoms with E-state index in [2.05, 4.69) is 0 Å². The maximum absolute atomic E-state index is 12.6. The SMILES string of the molecule is COc1ccc(C(O)(c2ccc(CO)cc2CO)c2c(CO)cc(CO)cc2OC)c(OC)c1. The van der Waals surface area contributed by atoms with Crippen molar-refractivity contribution in [2.24, 2.45) is 0 Å². The van der Waals surface area contributed by atoms with Crippen LogP contribution in [0.3, 0.4) is 0 Å². The number of hydrogen-bond acceptors (Lipinski definition) is 8. The predicted molar refractivity (Wildman–Crippen MR) is 125 cm³/mol. The van der Waals surface area contributed by atoms with Gasteiger partial charge in [-0.1, -0.05) is 24.3 Å². The number of aliphatic hydroxyl groups excluding tert-OH is 4. The normalized spacial score (nSPS) is 12.8. The lowest BCUT2D eigenvalue weighted by Gasteiger charge is -2.35. The molecule has 3 rings (SSSR count). The molecule has 0 bridgehead atoms. The van der Waals surface area contributed by atoms with Gasteiger partial charge < -0.3 is 39.7 Å². The molecule has 8 heteroatoms. The molecule has 0 fully saturated rings. The van der Waals surface area contributed by atoms with Crippen molar-refractivity contribution in [1.29, 1.82) is 0 Å². The molecule has 0 aromatic heterocycles. The summed E-state index contributed by atoms with van der Waals surface area (Å²) in [6.45, 7) is -1.41. The first-order valence-electron chi connectivity index (χ1n) is 10.6. The molecule has 0 aliphatic rings. The Bertz CT molecular complexity index is 1060. The third kappa shape index (κ3) is 4.46. The van der Waals surface area contributed by atoms with E-state index >= 15 is 0 Å². The molecule has 34 heavy (non-hydrogen) atoms. The maximum atomic E-state index is 12.6. The van der Waals surface area contributed by atoms with Crippen molar-refractivity contribution in [1.82, 2.24) is 0 Å². The van der Waals surface area contributed by atoms with Crippen LogP contribution in [0, 0.1) is 0 Å². The first kappa shape index (κ1) is 25.5. The lowest BCUT2D eigenvalue weighted by atomic mass is 9.75. The second-order valence-electron chi connectivity index (χ2n) is 7.73. The summed E-state index contributed by atoms with van der Waals surface area (Å²) >= 11 is 0. The van der Waals surface area contributed by atoms with Gasteiger partial charge in [0.15, 0.2) is 0 Å². The van der Waals surface area contributed by atoms with Crippen molar-refractivity contribution in [3.05, 3.63) is 87.5 Å². The Morgan fingerprint density at radius 1 is 0.618 bits per heavy atom. The Morgan fingerprint density at radius 3 is 1.79 bits per heavy atom. The van der Waals surface area contributed by atoms with Gasteiger partial charge in [-0.2, -0.15) is 0 Å². The third-order valence-corrected chi connectivity index (χ3v) is 5.89. The molecule has 1 unspecified atom stereocenters. The average molecular weight is 471 g/mol. The molecule has 182 valence electrons. The molecule has 0 amide bonds. The van der Waals surface area contributed by atoms with Crippen LogP contribution in [0.2, 0.25) is 0 Å². The Kier molecular flexibility index (Phi) is 8.14. The van der Waals surface area contributed by atoms with Crippen LogP contribution in [-0.2, 0) is 32.0 Å². The predicted octanol–water partition coefficient (Wildman–Crippen LogP) is 1.97. The van der Waals surface area contributed by atoms with Crippen LogP contribution in [0.1, 0.15) is 38.9 Å². The van der Waals surface area contributed by atoms with E-state index in [1.54, 1.807) is 48.5 Å². The summed E-state index contributed by atoms with van der Waals surface area (Å²) in [5, 5.41) is 52.3. The quantitative estimate of drug-likeness (QED) is 0.285. The topological polar surface area (TPSA) is 129 Å². The van der Waals surface area contributed by atoms with E-state index in [0.29, 0.717) is 44.9 Å². The number of rotatable bonds is 10. The molecule has 0 heterocycles. The zero-order valence-corrected chi connectivity index (χ0v) is 19.4. The smallest absolute Gasteiger partial charge is 0.148 e. The number of hydrogen-bond donors (Lipinski definition) is 5. The minimum atomic E-state index is -1.97. The van der Waals surface area contributed by atoms with E-state index in [1.807, 2.05) is 0 Å². The summed E-state index contributed by atoms with van der Waals surface area (Å²) in [5.74, 6) is 1.03. The van der Waals surface area contributed by atoms with Crippen LogP contribution in [-0.4, -0.2) is 46.9 Å². The van der Waals surface area contributed by atoms with E-state index in [1.165, 1.54) is 21.3 Å². The largest absolute Gasteiger partial charge is 0.497 e. The second-order valence-corrected chi connectivity index (χ2v) is 7.73. The Morgan fingerprint density at radius 2 is 1.24 bits per heavy atom. The van der Waals surface area contributed by atoms with Gasteiger partial charge in [-0.05, 0) is 46.0 Å². The molecule has 3 aromatic rings. The van der Waals surface area contributed by atoms with Gasteiger partial charge >= 0.3 is 0 Å². The lowest BCUT2D eigenvalue weighted by Crippen LogP contribution is -2.33.